The molecule has 3 aromatic rings. The van der Waals surface area contributed by atoms with E-state index in [-0.39, 0.29) is 18.1 Å². The van der Waals surface area contributed by atoms with Crippen LogP contribution in [0.25, 0.3) is 16.6 Å². The lowest BCUT2D eigenvalue weighted by Crippen LogP contribution is -2.47. The summed E-state index contributed by atoms with van der Waals surface area (Å²) in [5.41, 5.74) is 4.87. The smallest absolute Gasteiger partial charge is 0.253 e. The maximum atomic E-state index is 13.0. The van der Waals surface area contributed by atoms with E-state index in [2.05, 4.69) is 28.3 Å². The molecule has 2 fully saturated rings. The van der Waals surface area contributed by atoms with Crippen LogP contribution in [0.1, 0.15) is 54.6 Å². The highest BCUT2D eigenvalue weighted by molar-refractivity contribution is 5.95. The molecule has 2 N–H and O–H groups in total. The molecule has 1 aromatic carbocycles. The number of aromatic nitrogens is 3. The maximum absolute atomic E-state index is 13.0. The van der Waals surface area contributed by atoms with Crippen LogP contribution in [-0.4, -0.2) is 94.5 Å². The van der Waals surface area contributed by atoms with Gasteiger partial charge >= 0.3 is 0 Å². The average Bonchev–Trinajstić information content (AvgIpc) is 3.28. The molecule has 2 aromatic heterocycles. The van der Waals surface area contributed by atoms with Crippen LogP contribution in [0.5, 0.6) is 0 Å². The van der Waals surface area contributed by atoms with E-state index in [4.69, 9.17) is 9.84 Å². The fourth-order valence-electron chi connectivity index (χ4n) is 5.47. The number of aliphatic hydroxyl groups is 1. The summed E-state index contributed by atoms with van der Waals surface area (Å²) in [6, 6.07) is 10.2. The number of nitrogens with one attached hydrogen (secondary N) is 1. The van der Waals surface area contributed by atoms with Gasteiger partial charge in [0.2, 0.25) is 5.95 Å². The summed E-state index contributed by atoms with van der Waals surface area (Å²) in [6.45, 7) is 5.93. The number of amides is 1. The molecule has 37 heavy (non-hydrogen) atoms. The van der Waals surface area contributed by atoms with E-state index in [1.807, 2.05) is 46.8 Å². The zero-order valence-corrected chi connectivity index (χ0v) is 22.1. The second-order valence-corrected chi connectivity index (χ2v) is 10.5. The SMILES string of the molecule is COC[C@H](C)Nc1ncc2c(-c3ccc(C(=O)N4CCN(C)CC4)cc3)cc([C@H]3CC[C@H](O)CC3)n2n1. The number of carbonyl (C=O) groups is 1. The summed E-state index contributed by atoms with van der Waals surface area (Å²) in [5.74, 6) is 0.971. The van der Waals surface area contributed by atoms with E-state index >= 15 is 0 Å². The van der Waals surface area contributed by atoms with E-state index in [1.54, 1.807) is 7.11 Å². The molecule has 1 amide bonds. The Morgan fingerprint density at radius 1 is 1.14 bits per heavy atom. The normalized spacial score (nSPS) is 21.8. The van der Waals surface area contributed by atoms with Crippen molar-refractivity contribution in [3.05, 3.63) is 47.8 Å². The molecule has 1 saturated heterocycles. The zero-order chi connectivity index (χ0) is 25.9. The minimum Gasteiger partial charge on any atom is -0.393 e. The first kappa shape index (κ1) is 25.6. The Morgan fingerprint density at radius 3 is 2.51 bits per heavy atom. The number of hydrogen-bond acceptors (Lipinski definition) is 7. The van der Waals surface area contributed by atoms with Crippen molar-refractivity contribution in [2.45, 2.75) is 50.7 Å². The Kier molecular flexibility index (Phi) is 7.73. The van der Waals surface area contributed by atoms with Gasteiger partial charge in [-0.2, -0.15) is 0 Å². The van der Waals surface area contributed by atoms with Gasteiger partial charge in [0.25, 0.3) is 5.91 Å². The van der Waals surface area contributed by atoms with Gasteiger partial charge in [0.05, 0.1) is 24.4 Å². The number of rotatable bonds is 7. The topological polar surface area (TPSA) is 95.2 Å². The largest absolute Gasteiger partial charge is 0.393 e. The van der Waals surface area contributed by atoms with Crippen LogP contribution >= 0.6 is 0 Å². The highest BCUT2D eigenvalue weighted by atomic mass is 16.5. The van der Waals surface area contributed by atoms with Crippen molar-refractivity contribution >= 4 is 17.4 Å². The lowest BCUT2D eigenvalue weighted by molar-refractivity contribution is 0.0664. The quantitative estimate of drug-likeness (QED) is 0.508. The molecule has 2 aliphatic rings. The molecular formula is C28H38N6O3. The van der Waals surface area contributed by atoms with Crippen molar-refractivity contribution in [3.63, 3.8) is 0 Å². The molecule has 0 bridgehead atoms. The number of ether oxygens (including phenoxy) is 1. The highest BCUT2D eigenvalue weighted by Gasteiger charge is 2.26. The van der Waals surface area contributed by atoms with Gasteiger partial charge in [-0.15, -0.1) is 5.10 Å². The van der Waals surface area contributed by atoms with Gasteiger partial charge in [-0.1, -0.05) is 12.1 Å². The Morgan fingerprint density at radius 2 is 1.84 bits per heavy atom. The van der Waals surface area contributed by atoms with E-state index in [9.17, 15) is 9.90 Å². The van der Waals surface area contributed by atoms with Gasteiger partial charge in [0, 0.05) is 62.1 Å². The fourth-order valence-corrected chi connectivity index (χ4v) is 5.47. The monoisotopic (exact) mass is 506 g/mol. The molecule has 0 spiro atoms. The first-order valence-corrected chi connectivity index (χ1v) is 13.3. The van der Waals surface area contributed by atoms with E-state index in [1.165, 1.54) is 0 Å². The summed E-state index contributed by atoms with van der Waals surface area (Å²) in [4.78, 5) is 21.8. The van der Waals surface area contributed by atoms with Gasteiger partial charge < -0.3 is 25.0 Å². The molecule has 1 saturated carbocycles. The Hall–Kier alpha value is -3.01. The predicted molar refractivity (Wildman–Crippen MR) is 144 cm³/mol. The van der Waals surface area contributed by atoms with E-state index in [0.29, 0.717) is 24.0 Å². The third-order valence-electron chi connectivity index (χ3n) is 7.69. The minimum atomic E-state index is -0.214. The summed E-state index contributed by atoms with van der Waals surface area (Å²) in [7, 11) is 3.77. The van der Waals surface area contributed by atoms with Crippen molar-refractivity contribution in [2.75, 3.05) is 52.3 Å². The fraction of sp³-hybridized carbons (Fsp3) is 0.536. The van der Waals surface area contributed by atoms with Gasteiger partial charge in [0.1, 0.15) is 0 Å². The van der Waals surface area contributed by atoms with Crippen LogP contribution in [0.15, 0.2) is 36.5 Å². The molecule has 1 aliphatic heterocycles. The lowest BCUT2D eigenvalue weighted by Gasteiger charge is -2.32. The van der Waals surface area contributed by atoms with Crippen LogP contribution in [0.2, 0.25) is 0 Å². The first-order chi connectivity index (χ1) is 17.9. The molecule has 5 rings (SSSR count). The van der Waals surface area contributed by atoms with Crippen molar-refractivity contribution in [1.82, 2.24) is 24.4 Å². The second kappa shape index (κ2) is 11.2. The molecule has 1 atom stereocenters. The van der Waals surface area contributed by atoms with Crippen molar-refractivity contribution in [2.24, 2.45) is 0 Å². The van der Waals surface area contributed by atoms with Crippen molar-refractivity contribution in [3.8, 4) is 11.1 Å². The number of hydrogen-bond donors (Lipinski definition) is 2. The molecule has 198 valence electrons. The molecule has 9 heteroatoms. The molecular weight excluding hydrogens is 468 g/mol. The van der Waals surface area contributed by atoms with Gasteiger partial charge in [-0.25, -0.2) is 9.50 Å². The third-order valence-corrected chi connectivity index (χ3v) is 7.69. The molecule has 0 unspecified atom stereocenters. The highest BCUT2D eigenvalue weighted by Crippen LogP contribution is 2.37. The van der Waals surface area contributed by atoms with Crippen LogP contribution in [0.3, 0.4) is 0 Å². The van der Waals surface area contributed by atoms with Crippen molar-refractivity contribution < 1.29 is 14.6 Å². The standard InChI is InChI=1S/C28H38N6O3/c1-19(18-37-3)30-28-29-17-26-24(16-25(34(26)31-28)21-8-10-23(35)11-9-21)20-4-6-22(7-5-20)27(36)33-14-12-32(2)13-15-33/h4-7,16-17,19,21,23,35H,8-15,18H2,1-3H3,(H,30,31)/t19-,21-,23-/m0/s1. The van der Waals surface area contributed by atoms with Crippen LogP contribution in [0, 0.1) is 0 Å². The first-order valence-electron chi connectivity index (χ1n) is 13.3. The number of benzene rings is 1. The minimum absolute atomic E-state index is 0.0798. The Balaban J connectivity index is 1.45. The zero-order valence-electron chi connectivity index (χ0n) is 22.1. The molecule has 3 heterocycles. The Labute approximate surface area is 218 Å². The van der Waals surface area contributed by atoms with E-state index in [0.717, 1.165) is 74.2 Å². The summed E-state index contributed by atoms with van der Waals surface area (Å²) >= 11 is 0. The molecule has 0 radical (unpaired) electrons. The van der Waals surface area contributed by atoms with Crippen molar-refractivity contribution in [1.29, 1.82) is 0 Å². The lowest BCUT2D eigenvalue weighted by atomic mass is 9.85. The number of likely N-dealkylation sites (N-methyl/N-ethyl adjacent to an activating group) is 1. The maximum Gasteiger partial charge on any atom is 0.253 e. The molecule has 1 aliphatic carbocycles. The van der Waals surface area contributed by atoms with Gasteiger partial charge in [-0.05, 0) is 63.4 Å². The number of piperazine rings is 1. The number of anilines is 1. The number of nitrogens with zero attached hydrogens (tertiary/aromatic N) is 5. The Bertz CT molecular complexity index is 1210. The van der Waals surface area contributed by atoms with Crippen LogP contribution in [-0.2, 0) is 4.74 Å². The summed E-state index contributed by atoms with van der Waals surface area (Å²) in [6.07, 6.45) is 5.12. The van der Waals surface area contributed by atoms with E-state index < -0.39 is 0 Å². The van der Waals surface area contributed by atoms with Gasteiger partial charge in [-0.3, -0.25) is 4.79 Å². The van der Waals surface area contributed by atoms with Gasteiger partial charge in [0.15, 0.2) is 0 Å². The average molecular weight is 507 g/mol. The molecule has 9 nitrogen and oxygen atoms in total. The number of methoxy groups -OCH3 is 1. The number of fused-ring (bicyclic) bond motifs is 1. The number of aliphatic hydroxyl groups excluding tert-OH is 1. The second-order valence-electron chi connectivity index (χ2n) is 10.5. The summed E-state index contributed by atoms with van der Waals surface area (Å²) in [5, 5.41) is 18.2. The third kappa shape index (κ3) is 5.63. The number of carbonyl (C=O) groups excluding carboxylic acids is 1. The van der Waals surface area contributed by atoms with Crippen LogP contribution < -0.4 is 5.32 Å². The predicted octanol–water partition coefficient (Wildman–Crippen LogP) is 3.25. The summed E-state index contributed by atoms with van der Waals surface area (Å²) < 4.78 is 7.26. The van der Waals surface area contributed by atoms with Crippen LogP contribution in [0.4, 0.5) is 5.95 Å².